The molecule has 0 aliphatic carbocycles. The van der Waals surface area contributed by atoms with Crippen molar-refractivity contribution in [2.24, 2.45) is 12.0 Å². The Balaban J connectivity index is 0.00000243. The van der Waals surface area contributed by atoms with Gasteiger partial charge in [0.2, 0.25) is 0 Å². The minimum Gasteiger partial charge on any atom is -0.367 e. The smallest absolute Gasteiger partial charge is 0.194 e. The third-order valence-corrected chi connectivity index (χ3v) is 4.36. The third-order valence-electron chi connectivity index (χ3n) is 4.36. The van der Waals surface area contributed by atoms with Crippen LogP contribution in [0.1, 0.15) is 24.3 Å². The summed E-state index contributed by atoms with van der Waals surface area (Å²) >= 11 is 0. The van der Waals surface area contributed by atoms with E-state index in [0.717, 1.165) is 23.8 Å². The van der Waals surface area contributed by atoms with Crippen molar-refractivity contribution in [3.63, 3.8) is 0 Å². The number of nitrogens with zero attached hydrogens (tertiary/aromatic N) is 4. The lowest BCUT2D eigenvalue weighted by Gasteiger charge is -2.38. The van der Waals surface area contributed by atoms with Gasteiger partial charge in [-0.25, -0.2) is 4.39 Å². The monoisotopic (exact) mass is 473 g/mol. The SMILES string of the molecule is CN=C(NCc1ccnn1C)N1CC(C)OC(c2ccc(F)cc2)C1.I. The summed E-state index contributed by atoms with van der Waals surface area (Å²) in [7, 11) is 3.69. The summed E-state index contributed by atoms with van der Waals surface area (Å²) in [6.45, 7) is 4.11. The molecule has 2 unspecified atom stereocenters. The first-order valence-corrected chi connectivity index (χ1v) is 8.40. The van der Waals surface area contributed by atoms with Crippen LogP contribution in [0.25, 0.3) is 0 Å². The maximum absolute atomic E-state index is 13.2. The fourth-order valence-electron chi connectivity index (χ4n) is 3.06. The molecule has 2 aromatic rings. The molecule has 8 heteroatoms. The minimum absolute atomic E-state index is 0. The maximum Gasteiger partial charge on any atom is 0.194 e. The van der Waals surface area contributed by atoms with Crippen molar-refractivity contribution in [3.8, 4) is 0 Å². The number of benzene rings is 1. The molecule has 3 rings (SSSR count). The van der Waals surface area contributed by atoms with Gasteiger partial charge in [-0.05, 0) is 30.7 Å². The van der Waals surface area contributed by atoms with E-state index < -0.39 is 0 Å². The van der Waals surface area contributed by atoms with Crippen LogP contribution >= 0.6 is 24.0 Å². The number of morpholine rings is 1. The van der Waals surface area contributed by atoms with E-state index in [1.165, 1.54) is 12.1 Å². The molecule has 142 valence electrons. The van der Waals surface area contributed by atoms with Crippen LogP contribution in [0.3, 0.4) is 0 Å². The van der Waals surface area contributed by atoms with Gasteiger partial charge in [0, 0.05) is 26.8 Å². The van der Waals surface area contributed by atoms with Gasteiger partial charge in [0.25, 0.3) is 0 Å². The van der Waals surface area contributed by atoms with E-state index in [2.05, 4.69) is 20.3 Å². The molecule has 0 spiro atoms. The highest BCUT2D eigenvalue weighted by Crippen LogP contribution is 2.25. The quantitative estimate of drug-likeness (QED) is 0.423. The van der Waals surface area contributed by atoms with Crippen molar-refractivity contribution in [1.29, 1.82) is 0 Å². The number of ether oxygens (including phenoxy) is 1. The molecule has 2 atom stereocenters. The summed E-state index contributed by atoms with van der Waals surface area (Å²) in [5.41, 5.74) is 2.05. The van der Waals surface area contributed by atoms with E-state index in [-0.39, 0.29) is 42.0 Å². The second-order valence-electron chi connectivity index (χ2n) is 6.24. The molecular formula is C18H25FIN5O. The molecule has 0 radical (unpaired) electrons. The number of halogens is 2. The molecule has 1 aliphatic rings. The van der Waals surface area contributed by atoms with Crippen molar-refractivity contribution in [2.45, 2.75) is 25.7 Å². The Morgan fingerprint density at radius 2 is 2.04 bits per heavy atom. The Morgan fingerprint density at radius 3 is 2.65 bits per heavy atom. The normalized spacial score (nSPS) is 20.6. The van der Waals surface area contributed by atoms with E-state index in [1.54, 1.807) is 25.4 Å². The van der Waals surface area contributed by atoms with Gasteiger partial charge in [0.05, 0.1) is 24.9 Å². The van der Waals surface area contributed by atoms with Gasteiger partial charge in [-0.1, -0.05) is 12.1 Å². The Kier molecular flexibility index (Phi) is 7.39. The maximum atomic E-state index is 13.2. The van der Waals surface area contributed by atoms with Crippen LogP contribution in [0.5, 0.6) is 0 Å². The van der Waals surface area contributed by atoms with Gasteiger partial charge in [0.1, 0.15) is 11.9 Å². The first-order valence-electron chi connectivity index (χ1n) is 8.40. The van der Waals surface area contributed by atoms with Crippen molar-refractivity contribution in [1.82, 2.24) is 20.0 Å². The lowest BCUT2D eigenvalue weighted by molar-refractivity contribution is -0.0605. The van der Waals surface area contributed by atoms with E-state index in [1.807, 2.05) is 24.7 Å². The van der Waals surface area contributed by atoms with Gasteiger partial charge in [-0.3, -0.25) is 9.67 Å². The average molecular weight is 473 g/mol. The minimum atomic E-state index is -0.238. The number of aryl methyl sites for hydroxylation is 1. The standard InChI is InChI=1S/C18H24FN5O.HI/c1-13-11-24(12-17(25-13)14-4-6-15(19)7-5-14)18(20-2)21-10-16-8-9-22-23(16)3;/h4-9,13,17H,10-12H2,1-3H3,(H,20,21);1H. The highest BCUT2D eigenvalue weighted by Gasteiger charge is 2.28. The average Bonchev–Trinajstić information content (AvgIpc) is 3.01. The molecule has 2 heterocycles. The number of nitrogens with one attached hydrogen (secondary N) is 1. The fourth-order valence-corrected chi connectivity index (χ4v) is 3.06. The summed E-state index contributed by atoms with van der Waals surface area (Å²) < 4.78 is 21.1. The fraction of sp³-hybridized carbons (Fsp3) is 0.444. The third kappa shape index (κ3) is 4.94. The number of aromatic nitrogens is 2. The molecule has 0 amide bonds. The zero-order valence-electron chi connectivity index (χ0n) is 15.2. The number of rotatable bonds is 3. The molecule has 0 bridgehead atoms. The second kappa shape index (κ2) is 9.31. The van der Waals surface area contributed by atoms with Gasteiger partial charge >= 0.3 is 0 Å². The zero-order chi connectivity index (χ0) is 17.8. The summed E-state index contributed by atoms with van der Waals surface area (Å²) in [6.07, 6.45) is 1.72. The van der Waals surface area contributed by atoms with Crippen molar-refractivity contribution >= 4 is 29.9 Å². The molecule has 1 aliphatic heterocycles. The summed E-state index contributed by atoms with van der Waals surface area (Å²) in [5.74, 6) is 0.585. The van der Waals surface area contributed by atoms with Crippen LogP contribution in [-0.2, 0) is 18.3 Å². The van der Waals surface area contributed by atoms with Crippen LogP contribution in [0.15, 0.2) is 41.5 Å². The zero-order valence-corrected chi connectivity index (χ0v) is 17.6. The molecule has 1 aromatic heterocycles. The summed E-state index contributed by atoms with van der Waals surface area (Å²) in [5, 5.41) is 7.56. The molecule has 6 nitrogen and oxygen atoms in total. The Hall–Kier alpha value is -1.68. The Labute approximate surface area is 170 Å². The first kappa shape index (κ1) is 20.6. The van der Waals surface area contributed by atoms with Gasteiger partial charge in [-0.2, -0.15) is 5.10 Å². The molecule has 1 aromatic carbocycles. The molecule has 1 N–H and O–H groups in total. The summed E-state index contributed by atoms with van der Waals surface area (Å²) in [4.78, 5) is 6.58. The predicted molar refractivity (Wildman–Crippen MR) is 110 cm³/mol. The lowest BCUT2D eigenvalue weighted by atomic mass is 10.1. The predicted octanol–water partition coefficient (Wildman–Crippen LogP) is 2.71. The van der Waals surface area contributed by atoms with Crippen LogP contribution in [-0.4, -0.2) is 46.9 Å². The molecule has 26 heavy (non-hydrogen) atoms. The molecular weight excluding hydrogens is 448 g/mol. The Bertz CT molecular complexity index is 733. The van der Waals surface area contributed by atoms with Crippen LogP contribution in [0.4, 0.5) is 4.39 Å². The van der Waals surface area contributed by atoms with Crippen LogP contribution in [0, 0.1) is 5.82 Å². The topological polar surface area (TPSA) is 54.7 Å². The lowest BCUT2D eigenvalue weighted by Crippen LogP contribution is -2.50. The Morgan fingerprint density at radius 1 is 1.31 bits per heavy atom. The highest BCUT2D eigenvalue weighted by atomic mass is 127. The van der Waals surface area contributed by atoms with Crippen molar-refractivity contribution < 1.29 is 9.13 Å². The van der Waals surface area contributed by atoms with Crippen molar-refractivity contribution in [2.75, 3.05) is 20.1 Å². The van der Waals surface area contributed by atoms with E-state index in [9.17, 15) is 4.39 Å². The molecule has 1 fully saturated rings. The molecule has 0 saturated carbocycles. The number of aliphatic imine (C=N–C) groups is 1. The van der Waals surface area contributed by atoms with E-state index in [4.69, 9.17) is 4.74 Å². The van der Waals surface area contributed by atoms with Gasteiger partial charge in [0.15, 0.2) is 5.96 Å². The highest BCUT2D eigenvalue weighted by molar-refractivity contribution is 14.0. The number of guanidine groups is 1. The first-order chi connectivity index (χ1) is 12.1. The second-order valence-corrected chi connectivity index (χ2v) is 6.24. The van der Waals surface area contributed by atoms with Gasteiger partial charge in [-0.15, -0.1) is 24.0 Å². The van der Waals surface area contributed by atoms with E-state index in [0.29, 0.717) is 13.1 Å². The number of hydrogen-bond acceptors (Lipinski definition) is 3. The summed E-state index contributed by atoms with van der Waals surface area (Å²) in [6, 6.07) is 8.48. The van der Waals surface area contributed by atoms with Crippen LogP contribution in [0.2, 0.25) is 0 Å². The molecule has 1 saturated heterocycles. The van der Waals surface area contributed by atoms with Crippen LogP contribution < -0.4 is 5.32 Å². The largest absolute Gasteiger partial charge is 0.367 e. The van der Waals surface area contributed by atoms with E-state index >= 15 is 0 Å². The van der Waals surface area contributed by atoms with Gasteiger partial charge < -0.3 is 15.0 Å². The number of hydrogen-bond donors (Lipinski definition) is 1. The van der Waals surface area contributed by atoms with Crippen molar-refractivity contribution in [3.05, 3.63) is 53.6 Å².